The molecule has 0 saturated carbocycles. The number of hydrogen-bond donors (Lipinski definition) is 4. The highest BCUT2D eigenvalue weighted by Gasteiger charge is 2.35. The number of rotatable bonds is 14. The van der Waals surface area contributed by atoms with Crippen LogP contribution in [0.15, 0.2) is 64.0 Å². The van der Waals surface area contributed by atoms with Crippen LogP contribution < -0.4 is 21.1 Å². The van der Waals surface area contributed by atoms with E-state index in [4.69, 9.17) is 15.2 Å². The minimum Gasteiger partial charge on any atom is -0.504 e. The molecule has 2 aromatic carbocycles. The van der Waals surface area contributed by atoms with Crippen molar-refractivity contribution in [3.05, 3.63) is 69.6 Å². The molecule has 44 heavy (non-hydrogen) atoms. The van der Waals surface area contributed by atoms with Crippen molar-refractivity contribution in [1.29, 1.82) is 0 Å². The maximum absolute atomic E-state index is 13.1. The van der Waals surface area contributed by atoms with E-state index >= 15 is 0 Å². The molecule has 1 aliphatic heterocycles. The monoisotopic (exact) mass is 625 g/mol. The minimum absolute atomic E-state index is 0.0286. The number of thioether (sulfide) groups is 1. The topological polar surface area (TPSA) is 181 Å². The van der Waals surface area contributed by atoms with Gasteiger partial charge >= 0.3 is 5.97 Å². The highest BCUT2D eigenvalue weighted by atomic mass is 32.2. The second kappa shape index (κ2) is 16.1. The van der Waals surface area contributed by atoms with Crippen molar-refractivity contribution in [2.45, 2.75) is 6.92 Å². The molecular weight excluding hydrogens is 590 g/mol. The van der Waals surface area contributed by atoms with Gasteiger partial charge in [-0.15, -0.1) is 0 Å². The molecular formula is C30H35N5O8S. The van der Waals surface area contributed by atoms with Crippen molar-refractivity contribution in [1.82, 2.24) is 15.1 Å². The number of para-hydroxylation sites is 1. The van der Waals surface area contributed by atoms with Crippen LogP contribution in [0.5, 0.6) is 11.5 Å². The van der Waals surface area contributed by atoms with Gasteiger partial charge in [0.2, 0.25) is 23.5 Å². The molecule has 0 unspecified atom stereocenters. The van der Waals surface area contributed by atoms with E-state index in [0.29, 0.717) is 16.3 Å². The number of ether oxygens (including phenoxy) is 2. The second-order valence-corrected chi connectivity index (χ2v) is 10.5. The zero-order chi connectivity index (χ0) is 32.2. The van der Waals surface area contributed by atoms with Crippen molar-refractivity contribution in [2.75, 3.05) is 58.8 Å². The third-order valence-corrected chi connectivity index (χ3v) is 7.18. The quantitative estimate of drug-likeness (QED) is 0.103. The summed E-state index contributed by atoms with van der Waals surface area (Å²) in [6, 6.07) is 13.7. The van der Waals surface area contributed by atoms with E-state index in [-0.39, 0.29) is 61.4 Å². The number of hydrogen-bond acceptors (Lipinski definition) is 11. The normalized spacial score (nSPS) is 13.5. The van der Waals surface area contributed by atoms with Gasteiger partial charge in [-0.1, -0.05) is 36.0 Å². The van der Waals surface area contributed by atoms with Crippen LogP contribution in [-0.4, -0.2) is 97.9 Å². The summed E-state index contributed by atoms with van der Waals surface area (Å²) in [5.74, 6) is -2.50. The predicted octanol–water partition coefficient (Wildman–Crippen LogP) is 1.31. The summed E-state index contributed by atoms with van der Waals surface area (Å²) < 4.78 is 10.7. The standard InChI is InChI=1S/C30H35N5O8S/c1-4-42-30(41)27-28(40)23(44-29(27)33-20-8-6-5-7-9-20)15-19-10-11-22(21(36)14-19)43-13-12-32-24(37)17-34(2)26(39)18-35(3)25(38)16-31/h5-11,14-15,33,36H,4,12-13,16-18,31H2,1-3H3,(H,32,37)/b23-15-. The number of carbonyl (C=O) groups excluding carboxylic acids is 5. The second-order valence-electron chi connectivity index (χ2n) is 9.48. The van der Waals surface area contributed by atoms with Crippen LogP contribution in [-0.2, 0) is 28.7 Å². The number of ketones is 1. The summed E-state index contributed by atoms with van der Waals surface area (Å²) in [5, 5.41) is 16.6. The Hall–Kier alpha value is -4.82. The first kappa shape index (κ1) is 33.7. The largest absolute Gasteiger partial charge is 0.504 e. The Balaban J connectivity index is 1.55. The molecule has 0 aliphatic carbocycles. The van der Waals surface area contributed by atoms with Gasteiger partial charge in [-0.3, -0.25) is 19.2 Å². The lowest BCUT2D eigenvalue weighted by molar-refractivity contribution is -0.139. The number of phenolic OH excluding ortho intramolecular Hbond substituents is 1. The molecule has 5 N–H and O–H groups in total. The van der Waals surface area contributed by atoms with Crippen molar-refractivity contribution in [3.8, 4) is 11.5 Å². The number of nitrogens with one attached hydrogen (secondary N) is 2. The lowest BCUT2D eigenvalue weighted by atomic mass is 10.1. The zero-order valence-electron chi connectivity index (χ0n) is 24.6. The molecule has 1 heterocycles. The first-order valence-corrected chi connectivity index (χ1v) is 14.4. The number of anilines is 1. The molecule has 1 aliphatic rings. The molecule has 3 rings (SSSR count). The van der Waals surface area contributed by atoms with E-state index in [1.807, 2.05) is 18.2 Å². The molecule has 0 aromatic heterocycles. The number of carbonyl (C=O) groups is 5. The summed E-state index contributed by atoms with van der Waals surface area (Å²) in [5.41, 5.74) is 6.38. The van der Waals surface area contributed by atoms with Crippen molar-refractivity contribution >= 4 is 53.0 Å². The Morgan fingerprint density at radius 3 is 2.39 bits per heavy atom. The Labute approximate surface area is 259 Å². The molecule has 2 aromatic rings. The van der Waals surface area contributed by atoms with Gasteiger partial charge in [0.15, 0.2) is 11.5 Å². The molecule has 0 spiro atoms. The van der Waals surface area contributed by atoms with Gasteiger partial charge in [-0.2, -0.15) is 0 Å². The molecule has 0 radical (unpaired) electrons. The van der Waals surface area contributed by atoms with Gasteiger partial charge in [0.25, 0.3) is 0 Å². The third-order valence-electron chi connectivity index (χ3n) is 6.14. The highest BCUT2D eigenvalue weighted by molar-refractivity contribution is 8.08. The summed E-state index contributed by atoms with van der Waals surface area (Å²) in [4.78, 5) is 64.3. The number of amides is 3. The fourth-order valence-corrected chi connectivity index (χ4v) is 4.89. The van der Waals surface area contributed by atoms with E-state index in [1.54, 1.807) is 31.2 Å². The molecule has 0 atom stereocenters. The number of benzene rings is 2. The van der Waals surface area contributed by atoms with Crippen molar-refractivity contribution < 1.29 is 38.6 Å². The SMILES string of the molecule is CCOC(=O)C1=C(Nc2ccccc2)S/C(=C\c2ccc(OCCNC(=O)CN(C)C(=O)CN(C)C(=O)CN)c(O)c2)C1=O. The molecule has 13 nitrogen and oxygen atoms in total. The van der Waals surface area contributed by atoms with Gasteiger partial charge < -0.3 is 40.7 Å². The zero-order valence-corrected chi connectivity index (χ0v) is 25.4. The maximum atomic E-state index is 13.1. The first-order valence-electron chi connectivity index (χ1n) is 13.6. The number of likely N-dealkylation sites (N-methyl/N-ethyl adjacent to an activating group) is 2. The average molecular weight is 626 g/mol. The summed E-state index contributed by atoms with van der Waals surface area (Å²) in [6.45, 7) is 1.27. The maximum Gasteiger partial charge on any atom is 0.344 e. The van der Waals surface area contributed by atoms with Crippen LogP contribution in [0.3, 0.4) is 0 Å². The number of aromatic hydroxyl groups is 1. The van der Waals surface area contributed by atoms with E-state index in [2.05, 4.69) is 10.6 Å². The molecule has 234 valence electrons. The number of phenols is 1. The Kier molecular flexibility index (Phi) is 12.4. The van der Waals surface area contributed by atoms with Crippen LogP contribution in [0.1, 0.15) is 12.5 Å². The first-order chi connectivity index (χ1) is 21.0. The van der Waals surface area contributed by atoms with Crippen LogP contribution in [0.25, 0.3) is 6.08 Å². The predicted molar refractivity (Wildman–Crippen MR) is 165 cm³/mol. The molecule has 14 heteroatoms. The smallest absolute Gasteiger partial charge is 0.344 e. The van der Waals surface area contributed by atoms with Crippen molar-refractivity contribution in [2.24, 2.45) is 5.73 Å². The molecule has 0 bridgehead atoms. The minimum atomic E-state index is -0.727. The average Bonchev–Trinajstić information content (AvgIpc) is 3.29. The molecule has 0 fully saturated rings. The van der Waals surface area contributed by atoms with E-state index < -0.39 is 29.5 Å². The van der Waals surface area contributed by atoms with Crippen LogP contribution in [0.4, 0.5) is 5.69 Å². The fraction of sp³-hybridized carbons (Fsp3) is 0.300. The summed E-state index contributed by atoms with van der Waals surface area (Å²) in [6.07, 6.45) is 1.55. The van der Waals surface area contributed by atoms with Crippen LogP contribution in [0, 0.1) is 0 Å². The lowest BCUT2D eigenvalue weighted by Crippen LogP contribution is -2.45. The summed E-state index contributed by atoms with van der Waals surface area (Å²) >= 11 is 1.09. The van der Waals surface area contributed by atoms with Crippen molar-refractivity contribution in [3.63, 3.8) is 0 Å². The Morgan fingerprint density at radius 1 is 1.02 bits per heavy atom. The molecule has 0 saturated heterocycles. The number of nitrogens with zero attached hydrogens (tertiary/aromatic N) is 2. The van der Waals surface area contributed by atoms with Crippen LogP contribution in [0.2, 0.25) is 0 Å². The van der Waals surface area contributed by atoms with E-state index in [0.717, 1.165) is 11.8 Å². The van der Waals surface area contributed by atoms with Gasteiger partial charge in [-0.05, 0) is 42.8 Å². The van der Waals surface area contributed by atoms with Crippen LogP contribution >= 0.6 is 11.8 Å². The Bertz CT molecular complexity index is 1460. The molecule has 3 amide bonds. The fourth-order valence-electron chi connectivity index (χ4n) is 3.83. The lowest BCUT2D eigenvalue weighted by Gasteiger charge is -2.21. The highest BCUT2D eigenvalue weighted by Crippen LogP contribution is 2.41. The van der Waals surface area contributed by atoms with Gasteiger partial charge in [-0.25, -0.2) is 4.79 Å². The van der Waals surface area contributed by atoms with E-state index in [9.17, 15) is 29.1 Å². The van der Waals surface area contributed by atoms with Gasteiger partial charge in [0.05, 0.1) is 42.7 Å². The number of Topliss-reactive ketones (excluding diaryl/α,β-unsaturated/α-hetero) is 1. The van der Waals surface area contributed by atoms with Gasteiger partial charge in [0, 0.05) is 19.8 Å². The van der Waals surface area contributed by atoms with E-state index in [1.165, 1.54) is 36.0 Å². The number of nitrogens with two attached hydrogens (primary N) is 1. The third kappa shape index (κ3) is 9.34. The summed E-state index contributed by atoms with van der Waals surface area (Å²) in [7, 11) is 2.89. The Morgan fingerprint density at radius 2 is 1.73 bits per heavy atom. The number of esters is 1. The number of allylic oxidation sites excluding steroid dienone is 1. The van der Waals surface area contributed by atoms with Gasteiger partial charge in [0.1, 0.15) is 12.2 Å².